The zero-order valence-electron chi connectivity index (χ0n) is 23.1. The van der Waals surface area contributed by atoms with Crippen molar-refractivity contribution < 1.29 is 22.8 Å². The molecule has 0 aliphatic carbocycles. The molecule has 5 aromatic rings. The first-order valence-electron chi connectivity index (χ1n) is 13.7. The van der Waals surface area contributed by atoms with E-state index < -0.39 is 12.6 Å². The smallest absolute Gasteiger partial charge is 0.350 e. The molecule has 1 N–H and O–H groups in total. The molecular formula is C29H27F2N9O3. The van der Waals surface area contributed by atoms with Gasteiger partial charge in [0.25, 0.3) is 5.91 Å². The zero-order valence-corrected chi connectivity index (χ0v) is 23.1. The highest BCUT2D eigenvalue weighted by Gasteiger charge is 2.32. The summed E-state index contributed by atoms with van der Waals surface area (Å²) in [5, 5.41) is 14.1. The van der Waals surface area contributed by atoms with Crippen LogP contribution < -0.4 is 5.32 Å². The summed E-state index contributed by atoms with van der Waals surface area (Å²) in [6, 6.07) is 17.4. The van der Waals surface area contributed by atoms with E-state index in [-0.39, 0.29) is 23.3 Å². The molecular weight excluding hydrogens is 560 g/mol. The summed E-state index contributed by atoms with van der Waals surface area (Å²) in [4.78, 5) is 38.1. The van der Waals surface area contributed by atoms with Crippen LogP contribution in [0, 0.1) is 0 Å². The van der Waals surface area contributed by atoms with Crippen LogP contribution in [0.5, 0.6) is 0 Å². The number of aromatic nitrogens is 6. The Morgan fingerprint density at radius 2 is 1.81 bits per heavy atom. The number of nitrogens with one attached hydrogen (secondary N) is 1. The Hall–Kier alpha value is -5.11. The van der Waals surface area contributed by atoms with E-state index in [0.29, 0.717) is 65.6 Å². The lowest BCUT2D eigenvalue weighted by Crippen LogP contribution is -2.50. The highest BCUT2D eigenvalue weighted by Crippen LogP contribution is 2.29. The molecule has 0 saturated carbocycles. The van der Waals surface area contributed by atoms with E-state index in [4.69, 9.17) is 4.42 Å². The fourth-order valence-electron chi connectivity index (χ4n) is 4.99. The summed E-state index contributed by atoms with van der Waals surface area (Å²) in [5.41, 5.74) is 3.40. The Bertz CT molecular complexity index is 1750. The number of carbonyl (C=O) groups excluding carboxylic acids is 2. The first-order valence-corrected chi connectivity index (χ1v) is 13.7. The van der Waals surface area contributed by atoms with Gasteiger partial charge in [-0.25, -0.2) is 4.98 Å². The number of tetrazole rings is 1. The molecule has 1 aliphatic heterocycles. The predicted molar refractivity (Wildman–Crippen MR) is 151 cm³/mol. The Labute approximate surface area is 244 Å². The molecule has 4 heterocycles. The van der Waals surface area contributed by atoms with Crippen LogP contribution in [-0.4, -0.2) is 78.0 Å². The van der Waals surface area contributed by atoms with E-state index in [0.717, 1.165) is 5.56 Å². The Morgan fingerprint density at radius 1 is 1.02 bits per heavy atom. The van der Waals surface area contributed by atoms with Crippen LogP contribution in [0.3, 0.4) is 0 Å². The van der Waals surface area contributed by atoms with Gasteiger partial charge in [-0.05, 0) is 41.1 Å². The number of fused-ring (bicyclic) bond motifs is 1. The van der Waals surface area contributed by atoms with Crippen molar-refractivity contribution in [3.63, 3.8) is 0 Å². The molecule has 0 unspecified atom stereocenters. The van der Waals surface area contributed by atoms with Gasteiger partial charge in [-0.2, -0.15) is 8.78 Å². The number of rotatable bonds is 8. The first kappa shape index (κ1) is 28.0. The van der Waals surface area contributed by atoms with Crippen molar-refractivity contribution in [2.45, 2.75) is 25.9 Å². The lowest BCUT2D eigenvalue weighted by molar-refractivity contribution is -0.115. The van der Waals surface area contributed by atoms with Crippen molar-refractivity contribution in [1.82, 2.24) is 40.0 Å². The molecule has 1 atom stereocenters. The normalized spacial score (nSPS) is 14.7. The second-order valence-corrected chi connectivity index (χ2v) is 9.92. The fourth-order valence-corrected chi connectivity index (χ4v) is 4.99. The SMILES string of the molecule is CCC(=O)Nc1ccc2oc(-c3ccnc(C(=O)N4CCN([C@@H](c5ccccc5)c5nnn(C(F)F)n5)CC4)c3)nc2c1. The second-order valence-electron chi connectivity index (χ2n) is 9.92. The minimum Gasteiger partial charge on any atom is -0.436 e. The number of anilines is 1. The maximum Gasteiger partial charge on any atom is 0.350 e. The number of amides is 2. The standard InChI is InChI=1S/C29H27F2N9O3/c1-2-24(41)33-20-8-9-23-21(17-20)34-27(43-23)19-10-11-32-22(16-19)28(42)39-14-12-38(13-15-39)25(18-6-4-3-5-7-18)26-35-37-40(36-26)29(30)31/h3-11,16-17,25,29H,2,12-15H2,1H3,(H,33,41)/t25-/m0/s1. The van der Waals surface area contributed by atoms with Gasteiger partial charge in [-0.3, -0.25) is 19.5 Å². The number of hydrogen-bond acceptors (Lipinski definition) is 9. The van der Waals surface area contributed by atoms with Gasteiger partial charge >= 0.3 is 6.55 Å². The summed E-state index contributed by atoms with van der Waals surface area (Å²) < 4.78 is 32.2. The highest BCUT2D eigenvalue weighted by atomic mass is 19.3. The second kappa shape index (κ2) is 12.0. The fraction of sp³-hybridized carbons (Fsp3) is 0.276. The summed E-state index contributed by atoms with van der Waals surface area (Å²) in [7, 11) is 0. The van der Waals surface area contributed by atoms with Gasteiger partial charge in [0.15, 0.2) is 11.4 Å². The maximum absolute atomic E-state index is 13.5. The highest BCUT2D eigenvalue weighted by molar-refractivity contribution is 5.94. The van der Waals surface area contributed by atoms with Crippen LogP contribution in [0.25, 0.3) is 22.6 Å². The number of pyridine rings is 1. The average Bonchev–Trinajstić information content (AvgIpc) is 3.70. The number of alkyl halides is 2. The van der Waals surface area contributed by atoms with Crippen LogP contribution in [0.4, 0.5) is 14.5 Å². The van der Waals surface area contributed by atoms with E-state index in [1.807, 2.05) is 35.2 Å². The molecule has 2 aromatic carbocycles. The average molecular weight is 588 g/mol. The number of carbonyl (C=O) groups is 2. The van der Waals surface area contributed by atoms with Crippen molar-refractivity contribution in [3.8, 4) is 11.5 Å². The van der Waals surface area contributed by atoms with Gasteiger partial charge in [-0.15, -0.1) is 10.2 Å². The molecule has 3 aromatic heterocycles. The monoisotopic (exact) mass is 587 g/mol. The Morgan fingerprint density at radius 3 is 2.53 bits per heavy atom. The van der Waals surface area contributed by atoms with Crippen LogP contribution >= 0.6 is 0 Å². The molecule has 14 heteroatoms. The zero-order chi connectivity index (χ0) is 29.9. The molecule has 43 heavy (non-hydrogen) atoms. The van der Waals surface area contributed by atoms with Gasteiger partial charge in [0.2, 0.25) is 11.8 Å². The summed E-state index contributed by atoms with van der Waals surface area (Å²) in [5.74, 6) is 0.136. The van der Waals surface area contributed by atoms with Crippen LogP contribution in [-0.2, 0) is 4.79 Å². The van der Waals surface area contributed by atoms with Crippen LogP contribution in [0.2, 0.25) is 0 Å². The Kier molecular flexibility index (Phi) is 7.83. The summed E-state index contributed by atoms with van der Waals surface area (Å²) >= 11 is 0. The van der Waals surface area contributed by atoms with Gasteiger partial charge in [0.1, 0.15) is 11.2 Å². The third kappa shape index (κ3) is 5.95. The molecule has 1 fully saturated rings. The predicted octanol–water partition coefficient (Wildman–Crippen LogP) is 4.17. The molecule has 220 valence electrons. The minimum atomic E-state index is -2.89. The molecule has 6 rings (SSSR count). The van der Waals surface area contributed by atoms with Gasteiger partial charge in [0, 0.05) is 50.0 Å². The van der Waals surface area contributed by atoms with Crippen molar-refractivity contribution in [2.24, 2.45) is 0 Å². The van der Waals surface area contributed by atoms with Gasteiger partial charge in [0.05, 0.1) is 6.04 Å². The number of piperazine rings is 1. The van der Waals surface area contributed by atoms with Gasteiger partial charge in [-0.1, -0.05) is 42.1 Å². The largest absolute Gasteiger partial charge is 0.436 e. The maximum atomic E-state index is 13.5. The molecule has 2 amide bonds. The van der Waals surface area contributed by atoms with Crippen molar-refractivity contribution in [1.29, 1.82) is 0 Å². The van der Waals surface area contributed by atoms with E-state index >= 15 is 0 Å². The topological polar surface area (TPSA) is 135 Å². The lowest BCUT2D eigenvalue weighted by atomic mass is 10.0. The summed E-state index contributed by atoms with van der Waals surface area (Å²) in [6.45, 7) is 0.553. The van der Waals surface area contributed by atoms with E-state index in [1.165, 1.54) is 6.20 Å². The lowest BCUT2D eigenvalue weighted by Gasteiger charge is -2.38. The number of oxazole rings is 1. The van der Waals surface area contributed by atoms with E-state index in [2.05, 4.69) is 30.7 Å². The number of benzene rings is 2. The van der Waals surface area contributed by atoms with E-state index in [1.54, 1.807) is 42.2 Å². The first-order chi connectivity index (χ1) is 20.9. The molecule has 0 radical (unpaired) electrons. The molecule has 1 saturated heterocycles. The van der Waals surface area contributed by atoms with Crippen molar-refractivity contribution in [3.05, 3.63) is 83.9 Å². The van der Waals surface area contributed by atoms with E-state index in [9.17, 15) is 18.4 Å². The molecule has 0 bridgehead atoms. The third-order valence-corrected chi connectivity index (χ3v) is 7.16. The molecule has 12 nitrogen and oxygen atoms in total. The molecule has 1 aliphatic rings. The Balaban J connectivity index is 1.17. The number of hydrogen-bond donors (Lipinski definition) is 1. The number of nitrogens with zero attached hydrogens (tertiary/aromatic N) is 8. The van der Waals surface area contributed by atoms with Crippen LogP contribution in [0.15, 0.2) is 71.3 Å². The quantitative estimate of drug-likeness (QED) is 0.284. The number of halogens is 2. The van der Waals surface area contributed by atoms with Gasteiger partial charge < -0.3 is 14.6 Å². The molecule has 0 spiro atoms. The third-order valence-electron chi connectivity index (χ3n) is 7.16. The minimum absolute atomic E-state index is 0.104. The van der Waals surface area contributed by atoms with Crippen molar-refractivity contribution in [2.75, 3.05) is 31.5 Å². The summed E-state index contributed by atoms with van der Waals surface area (Å²) in [6.07, 6.45) is 1.89. The van der Waals surface area contributed by atoms with Crippen molar-refractivity contribution >= 4 is 28.6 Å². The van der Waals surface area contributed by atoms with Crippen LogP contribution in [0.1, 0.15) is 47.8 Å².